The van der Waals surface area contributed by atoms with E-state index in [1.165, 1.54) is 6.07 Å². The molecule has 0 bridgehead atoms. The van der Waals surface area contributed by atoms with Crippen molar-refractivity contribution in [3.05, 3.63) is 47.0 Å². The Morgan fingerprint density at radius 1 is 1.21 bits per heavy atom. The van der Waals surface area contributed by atoms with Gasteiger partial charge in [-0.15, -0.1) is 11.8 Å². The van der Waals surface area contributed by atoms with Crippen LogP contribution in [0, 0.1) is 5.92 Å². The topological polar surface area (TPSA) is 55.6 Å². The normalized spacial score (nSPS) is 17.2. The highest BCUT2D eigenvalue weighted by molar-refractivity contribution is 7.99. The van der Waals surface area contributed by atoms with Gasteiger partial charge in [-0.25, -0.2) is 4.79 Å². The molecule has 1 atom stereocenters. The predicted molar refractivity (Wildman–Crippen MR) is 128 cm³/mol. The standard InChI is InChI=1S/C24H28ClF3N2O2S/c1-23(2,3)32-22(31)30-10-4-5-15(13-30)14-33-18-8-6-16(7-9-18)21-19(24(26,27)28)11-17(29)12-20(21)25/h6-9,11-12,15H,4-5,10,13-14,29H2,1-3H3. The number of amides is 1. The van der Waals surface area contributed by atoms with Crippen LogP contribution in [0.5, 0.6) is 0 Å². The number of thioether (sulfide) groups is 1. The van der Waals surface area contributed by atoms with Gasteiger partial charge in [0.15, 0.2) is 0 Å². The van der Waals surface area contributed by atoms with Crippen LogP contribution in [0.25, 0.3) is 11.1 Å². The maximum atomic E-state index is 13.5. The predicted octanol–water partition coefficient (Wildman–Crippen LogP) is 7.35. The van der Waals surface area contributed by atoms with Crippen LogP contribution in [0.15, 0.2) is 41.3 Å². The molecule has 2 aromatic carbocycles. The molecule has 1 fully saturated rings. The summed E-state index contributed by atoms with van der Waals surface area (Å²) >= 11 is 7.75. The molecule has 2 N–H and O–H groups in total. The molecule has 9 heteroatoms. The van der Waals surface area contributed by atoms with Crippen LogP contribution in [0.4, 0.5) is 23.7 Å². The molecule has 2 aromatic rings. The Morgan fingerprint density at radius 2 is 1.88 bits per heavy atom. The van der Waals surface area contributed by atoms with Gasteiger partial charge in [-0.2, -0.15) is 13.2 Å². The molecule has 33 heavy (non-hydrogen) atoms. The number of nitrogens with zero attached hydrogens (tertiary/aromatic N) is 1. The van der Waals surface area contributed by atoms with Gasteiger partial charge in [0.2, 0.25) is 0 Å². The Kier molecular flexibility index (Phi) is 7.79. The average molecular weight is 501 g/mol. The number of nitrogen functional groups attached to an aromatic ring is 1. The molecule has 1 amide bonds. The molecule has 1 saturated heterocycles. The summed E-state index contributed by atoms with van der Waals surface area (Å²) < 4.78 is 46.0. The number of anilines is 1. The van der Waals surface area contributed by atoms with Gasteiger partial charge in [0.1, 0.15) is 5.60 Å². The second-order valence-corrected chi connectivity index (χ2v) is 10.7. The van der Waals surface area contributed by atoms with Gasteiger partial charge in [-0.1, -0.05) is 23.7 Å². The molecule has 1 heterocycles. The number of rotatable bonds is 4. The zero-order valence-corrected chi connectivity index (χ0v) is 20.4. The van der Waals surface area contributed by atoms with Crippen molar-refractivity contribution in [3.8, 4) is 11.1 Å². The minimum atomic E-state index is -4.57. The van der Waals surface area contributed by atoms with Crippen LogP contribution in [0.2, 0.25) is 5.02 Å². The van der Waals surface area contributed by atoms with E-state index in [0.717, 1.165) is 29.6 Å². The van der Waals surface area contributed by atoms with E-state index in [0.29, 0.717) is 24.6 Å². The summed E-state index contributed by atoms with van der Waals surface area (Å²) in [5.41, 5.74) is 4.47. The first kappa shape index (κ1) is 25.6. The monoisotopic (exact) mass is 500 g/mol. The molecular formula is C24H28ClF3N2O2S. The van der Waals surface area contributed by atoms with Crippen LogP contribution in [0.1, 0.15) is 39.2 Å². The number of hydrogen-bond acceptors (Lipinski definition) is 4. The number of nitrogens with two attached hydrogens (primary N) is 1. The number of ether oxygens (including phenoxy) is 1. The fourth-order valence-electron chi connectivity index (χ4n) is 3.77. The number of hydrogen-bond donors (Lipinski definition) is 1. The van der Waals surface area contributed by atoms with Crippen molar-refractivity contribution >= 4 is 35.1 Å². The molecule has 0 saturated carbocycles. The minimum Gasteiger partial charge on any atom is -0.444 e. The van der Waals surface area contributed by atoms with Gasteiger partial charge in [-0.05, 0) is 69.4 Å². The van der Waals surface area contributed by atoms with E-state index in [9.17, 15) is 18.0 Å². The van der Waals surface area contributed by atoms with Gasteiger partial charge < -0.3 is 15.4 Å². The van der Waals surface area contributed by atoms with Gasteiger partial charge in [0.05, 0.1) is 10.6 Å². The molecule has 1 aliphatic rings. The lowest BCUT2D eigenvalue weighted by molar-refractivity contribution is -0.137. The van der Waals surface area contributed by atoms with Gasteiger partial charge in [0, 0.05) is 35.0 Å². The van der Waals surface area contributed by atoms with Crippen molar-refractivity contribution in [3.63, 3.8) is 0 Å². The quantitative estimate of drug-likeness (QED) is 0.352. The Balaban J connectivity index is 1.66. The van der Waals surface area contributed by atoms with Crippen molar-refractivity contribution < 1.29 is 22.7 Å². The SMILES string of the molecule is CC(C)(C)OC(=O)N1CCCC(CSc2ccc(-c3c(Cl)cc(N)cc3C(F)(F)F)cc2)C1. The minimum absolute atomic E-state index is 0.0313. The average Bonchev–Trinajstić information content (AvgIpc) is 2.70. The molecule has 0 spiro atoms. The van der Waals surface area contributed by atoms with Gasteiger partial charge in [-0.3, -0.25) is 0 Å². The van der Waals surface area contributed by atoms with E-state index in [2.05, 4.69) is 0 Å². The second-order valence-electron chi connectivity index (χ2n) is 9.19. The highest BCUT2D eigenvalue weighted by Gasteiger charge is 2.35. The third kappa shape index (κ3) is 6.96. The highest BCUT2D eigenvalue weighted by Crippen LogP contribution is 2.42. The molecule has 0 aromatic heterocycles. The number of carbonyl (C=O) groups is 1. The van der Waals surface area contributed by atoms with E-state index in [1.807, 2.05) is 20.8 Å². The third-order valence-electron chi connectivity index (χ3n) is 5.22. The first-order valence-corrected chi connectivity index (χ1v) is 12.1. The first-order chi connectivity index (χ1) is 15.3. The van der Waals surface area contributed by atoms with Crippen LogP contribution >= 0.6 is 23.4 Å². The van der Waals surface area contributed by atoms with E-state index < -0.39 is 17.3 Å². The molecule has 1 aliphatic heterocycles. The zero-order chi connectivity index (χ0) is 24.4. The molecule has 4 nitrogen and oxygen atoms in total. The van der Waals surface area contributed by atoms with Crippen molar-refractivity contribution in [1.82, 2.24) is 4.90 Å². The Hall–Kier alpha value is -2.06. The molecule has 3 rings (SSSR count). The molecule has 1 unspecified atom stereocenters. The van der Waals surface area contributed by atoms with E-state index in [1.54, 1.807) is 40.9 Å². The summed E-state index contributed by atoms with van der Waals surface area (Å²) in [5.74, 6) is 1.12. The summed E-state index contributed by atoms with van der Waals surface area (Å²) in [6.45, 7) is 6.87. The van der Waals surface area contributed by atoms with Gasteiger partial charge >= 0.3 is 12.3 Å². The fraction of sp³-hybridized carbons (Fsp3) is 0.458. The fourth-order valence-corrected chi connectivity index (χ4v) is 5.14. The number of carbonyl (C=O) groups excluding carboxylic acids is 1. The lowest BCUT2D eigenvalue weighted by Gasteiger charge is -2.34. The number of halogens is 4. The Bertz CT molecular complexity index is 991. The second kappa shape index (κ2) is 10.1. The number of likely N-dealkylation sites (tertiary alicyclic amines) is 1. The summed E-state index contributed by atoms with van der Waals surface area (Å²) in [4.78, 5) is 15.0. The Labute approximate surface area is 201 Å². The maximum absolute atomic E-state index is 13.5. The van der Waals surface area contributed by atoms with E-state index in [-0.39, 0.29) is 22.4 Å². The largest absolute Gasteiger partial charge is 0.444 e. The first-order valence-electron chi connectivity index (χ1n) is 10.7. The van der Waals surface area contributed by atoms with Crippen LogP contribution in [-0.2, 0) is 10.9 Å². The smallest absolute Gasteiger partial charge is 0.417 e. The zero-order valence-electron chi connectivity index (χ0n) is 18.8. The van der Waals surface area contributed by atoms with Crippen LogP contribution < -0.4 is 5.73 Å². The summed E-state index contributed by atoms with van der Waals surface area (Å²) in [5, 5.41) is -0.0350. The lowest BCUT2D eigenvalue weighted by atomic mass is 9.98. The van der Waals surface area contributed by atoms with Crippen LogP contribution in [0.3, 0.4) is 0 Å². The van der Waals surface area contributed by atoms with Crippen LogP contribution in [-0.4, -0.2) is 35.4 Å². The number of piperidine rings is 1. The third-order valence-corrected chi connectivity index (χ3v) is 6.76. The molecule has 180 valence electrons. The summed E-state index contributed by atoms with van der Waals surface area (Å²) in [7, 11) is 0. The van der Waals surface area contributed by atoms with Gasteiger partial charge in [0.25, 0.3) is 0 Å². The van der Waals surface area contributed by atoms with Crippen molar-refractivity contribution in [2.24, 2.45) is 5.92 Å². The molecule has 0 radical (unpaired) electrons. The molecule has 0 aliphatic carbocycles. The Morgan fingerprint density at radius 3 is 2.48 bits per heavy atom. The van der Waals surface area contributed by atoms with E-state index >= 15 is 0 Å². The highest BCUT2D eigenvalue weighted by atomic mass is 35.5. The maximum Gasteiger partial charge on any atom is 0.417 e. The van der Waals surface area contributed by atoms with Crippen molar-refractivity contribution in [2.45, 2.75) is 50.3 Å². The van der Waals surface area contributed by atoms with Crippen molar-refractivity contribution in [2.75, 3.05) is 24.6 Å². The number of alkyl halides is 3. The van der Waals surface area contributed by atoms with E-state index in [4.69, 9.17) is 22.1 Å². The summed E-state index contributed by atoms with van der Waals surface area (Å²) in [6.07, 6.45) is -2.93. The molecular weight excluding hydrogens is 473 g/mol. The number of benzene rings is 2. The lowest BCUT2D eigenvalue weighted by Crippen LogP contribution is -2.43. The van der Waals surface area contributed by atoms with Crippen molar-refractivity contribution in [1.29, 1.82) is 0 Å². The summed E-state index contributed by atoms with van der Waals surface area (Å²) in [6, 6.07) is 9.10.